The van der Waals surface area contributed by atoms with Crippen molar-refractivity contribution in [3.8, 4) is 23.1 Å². The maximum Gasteiger partial charge on any atom is 0.247 e. The molecule has 0 radical (unpaired) electrons. The Morgan fingerprint density at radius 2 is 1.67 bits per heavy atom. The minimum absolute atomic E-state index is 0.0746. The molecule has 1 aliphatic carbocycles. The summed E-state index contributed by atoms with van der Waals surface area (Å²) in [6.07, 6.45) is 1.56. The highest BCUT2D eigenvalue weighted by Crippen LogP contribution is 2.54. The number of methoxy groups -OCH3 is 1. The van der Waals surface area contributed by atoms with Gasteiger partial charge in [-0.2, -0.15) is 0 Å². The summed E-state index contributed by atoms with van der Waals surface area (Å²) in [6, 6.07) is 12.4. The van der Waals surface area contributed by atoms with Crippen LogP contribution in [-0.2, 0) is 9.59 Å². The van der Waals surface area contributed by atoms with Crippen molar-refractivity contribution in [2.24, 2.45) is 17.1 Å². The molecule has 0 unspecified atom stereocenters. The first-order chi connectivity index (χ1) is 21.6. The van der Waals surface area contributed by atoms with E-state index in [1.165, 1.54) is 54.7 Å². The minimum Gasteiger partial charge on any atom is -0.493 e. The van der Waals surface area contributed by atoms with E-state index in [2.05, 4.69) is 28.7 Å². The number of rotatable bonds is 13. The van der Waals surface area contributed by atoms with Gasteiger partial charge in [-0.1, -0.05) is 20.8 Å². The van der Waals surface area contributed by atoms with Gasteiger partial charge in [0, 0.05) is 24.4 Å². The number of ether oxygens (including phenoxy) is 3. The first kappa shape index (κ1) is 31.6. The second-order valence-corrected chi connectivity index (χ2v) is 10.8. The summed E-state index contributed by atoms with van der Waals surface area (Å²) < 4.78 is 46.8. The maximum absolute atomic E-state index is 15.7. The minimum atomic E-state index is -1.44. The summed E-state index contributed by atoms with van der Waals surface area (Å²) in [4.78, 5) is 38.0. The number of hydrogen-bond donors (Lipinski definition) is 1. The summed E-state index contributed by atoms with van der Waals surface area (Å²) in [5, 5.41) is 0.461. The highest BCUT2D eigenvalue weighted by molar-refractivity contribution is 6.17. The highest BCUT2D eigenvalue weighted by atomic mass is 19.1. The number of likely N-dealkylation sites (N-methyl/N-ethyl adjacent to an activating group) is 1. The van der Waals surface area contributed by atoms with Gasteiger partial charge in [-0.25, -0.2) is 18.7 Å². The number of halogens is 2. The van der Waals surface area contributed by atoms with Gasteiger partial charge in [-0.3, -0.25) is 14.5 Å². The number of anilines is 2. The smallest absolute Gasteiger partial charge is 0.247 e. The number of nitrogens with zero attached hydrogens (tertiary/aromatic N) is 4. The number of fused-ring (bicyclic) bond motifs is 1. The molecule has 10 nitrogen and oxygen atoms in total. The van der Waals surface area contributed by atoms with E-state index in [0.29, 0.717) is 29.0 Å². The molecule has 0 bridgehead atoms. The fraction of sp³-hybridized carbons (Fsp3) is 0.333. The van der Waals surface area contributed by atoms with E-state index in [4.69, 9.17) is 19.9 Å². The van der Waals surface area contributed by atoms with Crippen molar-refractivity contribution < 1.29 is 32.6 Å². The number of nitrogens with two attached hydrogens (primary N) is 1. The normalized spacial score (nSPS) is 17.3. The van der Waals surface area contributed by atoms with Crippen molar-refractivity contribution in [3.63, 3.8) is 0 Å². The van der Waals surface area contributed by atoms with Gasteiger partial charge in [-0.05, 0) is 67.9 Å². The van der Waals surface area contributed by atoms with Crippen LogP contribution in [0.2, 0.25) is 0 Å². The van der Waals surface area contributed by atoms with Gasteiger partial charge in [-0.15, -0.1) is 0 Å². The Kier molecular flexibility index (Phi) is 9.14. The van der Waals surface area contributed by atoms with Gasteiger partial charge < -0.3 is 24.8 Å². The SMILES string of the molecule is CCN(CC)CCOc1cc2ncnc(Oc3ccc(N(C(=O)[C@]4(C(N)=O)C[C@H]4C)c4ccc(F)cc4)cc3F)c2cc1OC. The number of benzene rings is 3. The zero-order chi connectivity index (χ0) is 32.3. The molecule has 45 heavy (non-hydrogen) atoms. The largest absolute Gasteiger partial charge is 0.493 e. The zero-order valence-corrected chi connectivity index (χ0v) is 25.5. The molecule has 5 rings (SSSR count). The molecule has 2 atom stereocenters. The summed E-state index contributed by atoms with van der Waals surface area (Å²) in [7, 11) is 1.51. The van der Waals surface area contributed by atoms with Crippen LogP contribution >= 0.6 is 0 Å². The van der Waals surface area contributed by atoms with E-state index in [9.17, 15) is 14.0 Å². The average Bonchev–Trinajstić information content (AvgIpc) is 3.73. The molecular formula is C33H35F2N5O5. The number of carbonyl (C=O) groups excluding carboxylic acids is 2. The van der Waals surface area contributed by atoms with Gasteiger partial charge >= 0.3 is 0 Å². The van der Waals surface area contributed by atoms with Crippen molar-refractivity contribution in [3.05, 3.63) is 72.6 Å². The van der Waals surface area contributed by atoms with Crippen LogP contribution < -0.4 is 24.8 Å². The molecule has 2 N–H and O–H groups in total. The highest BCUT2D eigenvalue weighted by Gasteiger charge is 2.64. The Bertz CT molecular complexity index is 1720. The molecule has 12 heteroatoms. The molecule has 0 aliphatic heterocycles. The van der Waals surface area contributed by atoms with Gasteiger partial charge in [0.1, 0.15) is 24.2 Å². The van der Waals surface area contributed by atoms with Crippen LogP contribution in [-0.4, -0.2) is 60.0 Å². The van der Waals surface area contributed by atoms with Crippen LogP contribution in [0.4, 0.5) is 20.2 Å². The van der Waals surface area contributed by atoms with Gasteiger partial charge in [0.15, 0.2) is 23.1 Å². The van der Waals surface area contributed by atoms with Crippen LogP contribution in [0, 0.1) is 23.0 Å². The molecule has 0 spiro atoms. The first-order valence-electron chi connectivity index (χ1n) is 14.7. The van der Waals surface area contributed by atoms with Crippen molar-refractivity contribution >= 4 is 34.1 Å². The number of aromatic nitrogens is 2. The van der Waals surface area contributed by atoms with Crippen LogP contribution in [0.25, 0.3) is 10.9 Å². The predicted molar refractivity (Wildman–Crippen MR) is 165 cm³/mol. The first-order valence-corrected chi connectivity index (χ1v) is 14.7. The van der Waals surface area contributed by atoms with Crippen molar-refractivity contribution in [1.82, 2.24) is 14.9 Å². The molecule has 1 fully saturated rings. The summed E-state index contributed by atoms with van der Waals surface area (Å²) in [6.45, 7) is 8.93. The van der Waals surface area contributed by atoms with Crippen LogP contribution in [0.15, 0.2) is 60.9 Å². The van der Waals surface area contributed by atoms with E-state index in [1.54, 1.807) is 19.1 Å². The lowest BCUT2D eigenvalue weighted by Crippen LogP contribution is -2.42. The van der Waals surface area contributed by atoms with Gasteiger partial charge in [0.05, 0.1) is 23.7 Å². The summed E-state index contributed by atoms with van der Waals surface area (Å²) in [5.41, 5.74) is 5.05. The molecule has 1 saturated carbocycles. The molecule has 1 aliphatic rings. The molecular weight excluding hydrogens is 584 g/mol. The number of carbonyl (C=O) groups is 2. The van der Waals surface area contributed by atoms with Crippen molar-refractivity contribution in [2.45, 2.75) is 27.2 Å². The number of hydrogen-bond acceptors (Lipinski definition) is 8. The lowest BCUT2D eigenvalue weighted by atomic mass is 10.00. The Hall–Kier alpha value is -4.84. The monoisotopic (exact) mass is 619 g/mol. The predicted octanol–water partition coefficient (Wildman–Crippen LogP) is 5.61. The third-order valence-corrected chi connectivity index (χ3v) is 8.24. The van der Waals surface area contributed by atoms with Crippen LogP contribution in [0.3, 0.4) is 0 Å². The van der Waals surface area contributed by atoms with Crippen LogP contribution in [0.1, 0.15) is 27.2 Å². The molecule has 1 aromatic heterocycles. The topological polar surface area (TPSA) is 120 Å². The molecule has 236 valence electrons. The van der Waals surface area contributed by atoms with Crippen molar-refractivity contribution in [1.29, 1.82) is 0 Å². The molecule has 0 saturated heterocycles. The van der Waals surface area contributed by atoms with E-state index >= 15 is 4.39 Å². The fourth-order valence-corrected chi connectivity index (χ4v) is 5.38. The van der Waals surface area contributed by atoms with Gasteiger partial charge in [0.25, 0.3) is 0 Å². The third-order valence-electron chi connectivity index (χ3n) is 8.24. The van der Waals surface area contributed by atoms with Crippen molar-refractivity contribution in [2.75, 3.05) is 38.3 Å². The Morgan fingerprint density at radius 1 is 0.978 bits per heavy atom. The Balaban J connectivity index is 1.44. The number of amides is 2. The molecule has 3 aromatic carbocycles. The molecule has 4 aromatic rings. The lowest BCUT2D eigenvalue weighted by molar-refractivity contribution is -0.134. The molecule has 1 heterocycles. The Labute approximate surface area is 259 Å². The maximum atomic E-state index is 15.7. The lowest BCUT2D eigenvalue weighted by Gasteiger charge is -2.27. The average molecular weight is 620 g/mol. The quantitative estimate of drug-likeness (QED) is 0.192. The summed E-state index contributed by atoms with van der Waals surface area (Å²) in [5.74, 6) is -2.17. The second kappa shape index (κ2) is 13.0. The summed E-state index contributed by atoms with van der Waals surface area (Å²) >= 11 is 0. The van der Waals surface area contributed by atoms with E-state index in [-0.39, 0.29) is 35.3 Å². The van der Waals surface area contributed by atoms with E-state index in [0.717, 1.165) is 25.7 Å². The third kappa shape index (κ3) is 6.23. The standard InChI is InChI=1S/C33H35F2N5O5/c1-5-39(6-2)13-14-44-29-17-26-24(16-28(29)43-4)30(38-19-37-26)45-27-12-11-23(15-25(27)35)40(22-9-7-21(34)8-10-22)32(42)33(31(36)41)18-20(33)3/h7-12,15-17,19-20H,5-6,13-14,18H2,1-4H3,(H2,36,41)/t20-,33-/m1/s1. The Morgan fingerprint density at radius 3 is 2.27 bits per heavy atom. The van der Waals surface area contributed by atoms with Crippen LogP contribution in [0.5, 0.6) is 23.1 Å². The molecule has 2 amide bonds. The van der Waals surface area contributed by atoms with E-state index in [1.807, 2.05) is 0 Å². The van der Waals surface area contributed by atoms with E-state index < -0.39 is 28.9 Å². The van der Waals surface area contributed by atoms with Gasteiger partial charge in [0.2, 0.25) is 17.7 Å². The second-order valence-electron chi connectivity index (χ2n) is 10.8. The fourth-order valence-electron chi connectivity index (χ4n) is 5.38. The number of primary amides is 1. The zero-order valence-electron chi connectivity index (χ0n) is 25.5.